The second-order valence-electron chi connectivity index (χ2n) is 4.07. The van der Waals surface area contributed by atoms with Crippen LogP contribution in [-0.4, -0.2) is 18.4 Å². The Bertz CT molecular complexity index is 800. The van der Waals surface area contributed by atoms with Crippen molar-refractivity contribution in [3.05, 3.63) is 41.3 Å². The van der Waals surface area contributed by atoms with Gasteiger partial charge in [0.2, 0.25) is 5.95 Å². The van der Waals surface area contributed by atoms with Crippen LogP contribution in [0.1, 0.15) is 4.88 Å². The Morgan fingerprint density at radius 3 is 2.68 bits per heavy atom. The first kappa shape index (κ1) is 12.2. The second-order valence-corrected chi connectivity index (χ2v) is 7.27. The van der Waals surface area contributed by atoms with Gasteiger partial charge in [-0.3, -0.25) is 0 Å². The predicted molar refractivity (Wildman–Crippen MR) is 76.0 cm³/mol. The predicted octanol–water partition coefficient (Wildman–Crippen LogP) is 2.73. The summed E-state index contributed by atoms with van der Waals surface area (Å²) in [7, 11) is -3.57. The van der Waals surface area contributed by atoms with E-state index in [0.717, 1.165) is 15.9 Å². The molecule has 0 fully saturated rings. The van der Waals surface area contributed by atoms with Crippen molar-refractivity contribution in [2.75, 3.05) is 4.72 Å². The molecular weight excluding hydrogens is 282 g/mol. The van der Waals surface area contributed by atoms with Crippen molar-refractivity contribution in [2.45, 2.75) is 11.1 Å². The number of hydrogen-bond acceptors (Lipinski definition) is 4. The van der Waals surface area contributed by atoms with Gasteiger partial charge in [0.1, 0.15) is 4.21 Å². The van der Waals surface area contributed by atoms with E-state index in [4.69, 9.17) is 0 Å². The highest BCUT2D eigenvalue weighted by Crippen LogP contribution is 2.23. The van der Waals surface area contributed by atoms with Gasteiger partial charge in [-0.05, 0) is 31.2 Å². The summed E-state index contributed by atoms with van der Waals surface area (Å²) in [6.45, 7) is 1.87. The second kappa shape index (κ2) is 4.36. The number of aryl methyl sites for hydroxylation is 1. The van der Waals surface area contributed by atoms with Crippen LogP contribution < -0.4 is 4.72 Å². The molecule has 0 saturated carbocycles. The largest absolute Gasteiger partial charge is 0.323 e. The number of fused-ring (bicyclic) bond motifs is 1. The highest BCUT2D eigenvalue weighted by atomic mass is 32.2. The van der Waals surface area contributed by atoms with Gasteiger partial charge in [-0.2, -0.15) is 0 Å². The van der Waals surface area contributed by atoms with Gasteiger partial charge in [-0.1, -0.05) is 12.1 Å². The third-order valence-corrected chi connectivity index (χ3v) is 5.43. The summed E-state index contributed by atoms with van der Waals surface area (Å²) in [5.74, 6) is 0.229. The van der Waals surface area contributed by atoms with E-state index in [1.54, 1.807) is 12.1 Å². The number of para-hydroxylation sites is 2. The van der Waals surface area contributed by atoms with Gasteiger partial charge in [0.05, 0.1) is 11.0 Å². The fourth-order valence-corrected chi connectivity index (χ4v) is 3.98. The summed E-state index contributed by atoms with van der Waals surface area (Å²) >= 11 is 1.23. The summed E-state index contributed by atoms with van der Waals surface area (Å²) < 4.78 is 27.0. The first-order chi connectivity index (χ1) is 9.04. The highest BCUT2D eigenvalue weighted by molar-refractivity contribution is 7.94. The van der Waals surface area contributed by atoms with E-state index in [9.17, 15) is 8.42 Å². The van der Waals surface area contributed by atoms with Gasteiger partial charge in [0.15, 0.2) is 0 Å². The standard InChI is InChI=1S/C12H11N3O2S2/c1-8-6-7-11(18-8)19(16,17)15-12-13-9-4-2-3-5-10(9)14-12/h2-7H,1H3,(H2,13,14,15). The Hall–Kier alpha value is -1.86. The molecule has 98 valence electrons. The van der Waals surface area contributed by atoms with Crippen LogP contribution in [0.5, 0.6) is 0 Å². The molecule has 0 atom stereocenters. The summed E-state index contributed by atoms with van der Waals surface area (Å²) in [5.41, 5.74) is 1.52. The number of nitrogens with one attached hydrogen (secondary N) is 2. The van der Waals surface area contributed by atoms with Crippen molar-refractivity contribution < 1.29 is 8.42 Å². The molecule has 0 amide bonds. The highest BCUT2D eigenvalue weighted by Gasteiger charge is 2.17. The van der Waals surface area contributed by atoms with Crippen LogP contribution in [-0.2, 0) is 10.0 Å². The van der Waals surface area contributed by atoms with Crippen molar-refractivity contribution in [1.29, 1.82) is 0 Å². The molecule has 0 unspecified atom stereocenters. The molecule has 1 aromatic carbocycles. The maximum atomic E-state index is 12.1. The lowest BCUT2D eigenvalue weighted by molar-refractivity contribution is 0.603. The van der Waals surface area contributed by atoms with E-state index >= 15 is 0 Å². The fourth-order valence-electron chi connectivity index (χ4n) is 1.74. The average molecular weight is 293 g/mol. The Morgan fingerprint density at radius 2 is 2.00 bits per heavy atom. The molecule has 0 aliphatic heterocycles. The molecule has 3 aromatic rings. The number of thiophene rings is 1. The van der Waals surface area contributed by atoms with E-state index in [1.165, 1.54) is 11.3 Å². The number of aromatic nitrogens is 2. The van der Waals surface area contributed by atoms with E-state index in [-0.39, 0.29) is 10.2 Å². The van der Waals surface area contributed by atoms with Crippen molar-refractivity contribution in [1.82, 2.24) is 9.97 Å². The molecule has 0 aliphatic rings. The summed E-state index contributed by atoms with van der Waals surface area (Å²) in [4.78, 5) is 8.07. The molecule has 0 radical (unpaired) electrons. The maximum Gasteiger partial charge on any atom is 0.273 e. The van der Waals surface area contributed by atoms with Crippen molar-refractivity contribution in [2.24, 2.45) is 0 Å². The Morgan fingerprint density at radius 1 is 1.21 bits per heavy atom. The summed E-state index contributed by atoms with van der Waals surface area (Å²) in [5, 5.41) is 0. The molecule has 0 aliphatic carbocycles. The molecule has 2 aromatic heterocycles. The molecule has 7 heteroatoms. The number of rotatable bonds is 3. The molecular formula is C12H11N3O2S2. The minimum atomic E-state index is -3.57. The Kier molecular flexibility index (Phi) is 2.79. The van der Waals surface area contributed by atoms with E-state index < -0.39 is 10.0 Å². The normalized spacial score (nSPS) is 11.8. The van der Waals surface area contributed by atoms with Gasteiger partial charge >= 0.3 is 0 Å². The maximum absolute atomic E-state index is 12.1. The van der Waals surface area contributed by atoms with Gasteiger partial charge < -0.3 is 4.98 Å². The first-order valence-corrected chi connectivity index (χ1v) is 7.88. The van der Waals surface area contributed by atoms with Crippen LogP contribution in [0.3, 0.4) is 0 Å². The summed E-state index contributed by atoms with van der Waals surface area (Å²) in [6, 6.07) is 10.7. The minimum Gasteiger partial charge on any atom is -0.323 e. The molecule has 19 heavy (non-hydrogen) atoms. The summed E-state index contributed by atoms with van der Waals surface area (Å²) in [6.07, 6.45) is 0. The van der Waals surface area contributed by atoms with Gasteiger partial charge in [-0.25, -0.2) is 18.1 Å². The first-order valence-electron chi connectivity index (χ1n) is 5.59. The lowest BCUT2D eigenvalue weighted by Crippen LogP contribution is -2.12. The number of sulfonamides is 1. The Balaban J connectivity index is 1.96. The van der Waals surface area contributed by atoms with Gasteiger partial charge in [0.25, 0.3) is 10.0 Å². The third kappa shape index (κ3) is 2.34. The number of anilines is 1. The molecule has 0 bridgehead atoms. The lowest BCUT2D eigenvalue weighted by atomic mass is 10.3. The monoisotopic (exact) mass is 293 g/mol. The van der Waals surface area contributed by atoms with Crippen molar-refractivity contribution in [3.8, 4) is 0 Å². The number of nitrogens with zero attached hydrogens (tertiary/aromatic N) is 1. The van der Waals surface area contributed by atoms with E-state index in [1.807, 2.05) is 31.2 Å². The number of H-pyrrole nitrogens is 1. The topological polar surface area (TPSA) is 74.8 Å². The molecule has 0 saturated heterocycles. The smallest absolute Gasteiger partial charge is 0.273 e. The molecule has 0 spiro atoms. The zero-order valence-corrected chi connectivity index (χ0v) is 11.7. The zero-order chi connectivity index (χ0) is 13.5. The van der Waals surface area contributed by atoms with Crippen LogP contribution in [0, 0.1) is 6.92 Å². The van der Waals surface area contributed by atoms with Crippen LogP contribution in [0.4, 0.5) is 5.95 Å². The molecule has 2 N–H and O–H groups in total. The fraction of sp³-hybridized carbons (Fsp3) is 0.0833. The molecule has 5 nitrogen and oxygen atoms in total. The number of aromatic amines is 1. The number of hydrogen-bond donors (Lipinski definition) is 2. The zero-order valence-electron chi connectivity index (χ0n) is 10.0. The van der Waals surface area contributed by atoms with Crippen LogP contribution in [0.2, 0.25) is 0 Å². The minimum absolute atomic E-state index is 0.229. The van der Waals surface area contributed by atoms with Crippen molar-refractivity contribution >= 4 is 38.3 Å². The van der Waals surface area contributed by atoms with E-state index in [0.29, 0.717) is 0 Å². The Labute approximate surface area is 114 Å². The van der Waals surface area contributed by atoms with Crippen LogP contribution in [0.15, 0.2) is 40.6 Å². The van der Waals surface area contributed by atoms with Gasteiger partial charge in [-0.15, -0.1) is 11.3 Å². The molecule has 3 rings (SSSR count). The van der Waals surface area contributed by atoms with Crippen LogP contribution >= 0.6 is 11.3 Å². The SMILES string of the molecule is Cc1ccc(S(=O)(=O)Nc2nc3ccccc3[nH]2)s1. The number of benzene rings is 1. The van der Waals surface area contributed by atoms with E-state index in [2.05, 4.69) is 14.7 Å². The lowest BCUT2D eigenvalue weighted by Gasteiger charge is -2.01. The third-order valence-electron chi connectivity index (χ3n) is 2.60. The van der Waals surface area contributed by atoms with Crippen molar-refractivity contribution in [3.63, 3.8) is 0 Å². The number of imidazole rings is 1. The van der Waals surface area contributed by atoms with Crippen LogP contribution in [0.25, 0.3) is 11.0 Å². The molecule has 2 heterocycles. The quantitative estimate of drug-likeness (QED) is 0.779. The average Bonchev–Trinajstić information content (AvgIpc) is 2.94. The van der Waals surface area contributed by atoms with Gasteiger partial charge in [0, 0.05) is 4.88 Å².